The summed E-state index contributed by atoms with van der Waals surface area (Å²) < 4.78 is 31.0. The van der Waals surface area contributed by atoms with Crippen molar-refractivity contribution in [3.05, 3.63) is 45.6 Å². The number of halogens is 2. The van der Waals surface area contributed by atoms with Crippen molar-refractivity contribution in [3.8, 4) is 0 Å². The molecule has 0 aliphatic carbocycles. The van der Waals surface area contributed by atoms with Gasteiger partial charge in [-0.1, -0.05) is 11.6 Å². The Morgan fingerprint density at radius 3 is 2.62 bits per heavy atom. The van der Waals surface area contributed by atoms with Crippen molar-refractivity contribution in [1.29, 1.82) is 0 Å². The second-order valence-corrected chi connectivity index (χ2v) is 7.83. The first-order valence-corrected chi connectivity index (χ1v) is 8.62. The van der Waals surface area contributed by atoms with E-state index in [2.05, 4.69) is 21.2 Å². The number of nitrogens with zero attached hydrogens (tertiary/aromatic N) is 1. The molecule has 2 rings (SSSR count). The maximum atomic E-state index is 11.9. The minimum atomic E-state index is -3.54. The molecule has 1 heterocycles. The van der Waals surface area contributed by atoms with E-state index in [1.54, 1.807) is 12.1 Å². The monoisotopic (exact) mass is 392 g/mol. The van der Waals surface area contributed by atoms with E-state index in [1.807, 2.05) is 12.1 Å². The van der Waals surface area contributed by atoms with E-state index in [-0.39, 0.29) is 5.09 Å². The van der Waals surface area contributed by atoms with Crippen LogP contribution in [0.25, 0.3) is 0 Å². The topological polar surface area (TPSA) is 62.6 Å². The summed E-state index contributed by atoms with van der Waals surface area (Å²) in [7, 11) is -0.619. The molecule has 0 atom stereocenters. The smallest absolute Gasteiger partial charge is 0.275 e. The summed E-state index contributed by atoms with van der Waals surface area (Å²) in [6.07, 6.45) is 0. The lowest BCUT2D eigenvalue weighted by atomic mass is 10.3. The largest absolute Gasteiger partial charge is 0.446 e. The van der Waals surface area contributed by atoms with Crippen molar-refractivity contribution in [2.75, 3.05) is 19.4 Å². The SMILES string of the molecule is CN(C)S(=O)(=O)c1ccc(CNc2ccc(Cl)c(Br)c2)o1. The van der Waals surface area contributed by atoms with Crippen LogP contribution in [0.15, 0.2) is 44.3 Å². The van der Waals surface area contributed by atoms with Gasteiger partial charge in [0.1, 0.15) is 5.76 Å². The molecule has 0 fully saturated rings. The molecule has 0 saturated carbocycles. The maximum absolute atomic E-state index is 11.9. The van der Waals surface area contributed by atoms with Crippen LogP contribution < -0.4 is 5.32 Å². The minimum absolute atomic E-state index is 0.0680. The van der Waals surface area contributed by atoms with Crippen molar-refractivity contribution in [1.82, 2.24) is 4.31 Å². The summed E-state index contributed by atoms with van der Waals surface area (Å²) in [5.74, 6) is 0.529. The molecule has 21 heavy (non-hydrogen) atoms. The number of furan rings is 1. The van der Waals surface area contributed by atoms with Crippen molar-refractivity contribution in [3.63, 3.8) is 0 Å². The van der Waals surface area contributed by atoms with Gasteiger partial charge in [-0.25, -0.2) is 12.7 Å². The molecule has 1 aromatic heterocycles. The molecule has 0 amide bonds. The van der Waals surface area contributed by atoms with Crippen LogP contribution in [-0.4, -0.2) is 26.8 Å². The molecule has 0 saturated heterocycles. The molecule has 0 unspecified atom stereocenters. The summed E-state index contributed by atoms with van der Waals surface area (Å²) in [5.41, 5.74) is 0.847. The van der Waals surface area contributed by atoms with Crippen LogP contribution in [0.3, 0.4) is 0 Å². The highest BCUT2D eigenvalue weighted by atomic mass is 79.9. The van der Waals surface area contributed by atoms with Gasteiger partial charge in [-0.2, -0.15) is 0 Å². The van der Waals surface area contributed by atoms with Gasteiger partial charge in [-0.15, -0.1) is 0 Å². The standard InChI is InChI=1S/C13H14BrClN2O3S/c1-17(2)21(18,19)13-6-4-10(20-13)8-16-9-3-5-12(15)11(14)7-9/h3-7,16H,8H2,1-2H3. The molecular weight excluding hydrogens is 380 g/mol. The van der Waals surface area contributed by atoms with Crippen molar-refractivity contribution >= 4 is 43.2 Å². The van der Waals surface area contributed by atoms with E-state index in [0.29, 0.717) is 17.3 Å². The highest BCUT2D eigenvalue weighted by molar-refractivity contribution is 9.10. The highest BCUT2D eigenvalue weighted by Crippen LogP contribution is 2.26. The molecule has 0 spiro atoms. The van der Waals surface area contributed by atoms with Gasteiger partial charge in [-0.05, 0) is 46.3 Å². The van der Waals surface area contributed by atoms with Crippen LogP contribution in [-0.2, 0) is 16.6 Å². The van der Waals surface area contributed by atoms with Crippen LogP contribution in [0.2, 0.25) is 5.02 Å². The van der Waals surface area contributed by atoms with Crippen LogP contribution in [0.1, 0.15) is 5.76 Å². The maximum Gasteiger partial charge on any atom is 0.275 e. The Kier molecular flexibility index (Phi) is 4.98. The molecule has 0 aliphatic rings. The molecule has 0 bridgehead atoms. The van der Waals surface area contributed by atoms with Crippen LogP contribution in [0.5, 0.6) is 0 Å². The van der Waals surface area contributed by atoms with Gasteiger partial charge < -0.3 is 9.73 Å². The van der Waals surface area contributed by atoms with E-state index in [0.717, 1.165) is 14.5 Å². The van der Waals surface area contributed by atoms with Crippen molar-refractivity contribution < 1.29 is 12.8 Å². The van der Waals surface area contributed by atoms with Gasteiger partial charge in [0.25, 0.3) is 10.0 Å². The number of nitrogens with one attached hydrogen (secondary N) is 1. The summed E-state index contributed by atoms with van der Waals surface area (Å²) >= 11 is 9.25. The number of rotatable bonds is 5. The molecule has 1 N–H and O–H groups in total. The first-order valence-electron chi connectivity index (χ1n) is 6.01. The number of anilines is 1. The lowest BCUT2D eigenvalue weighted by Crippen LogP contribution is -2.21. The zero-order valence-corrected chi connectivity index (χ0v) is 14.6. The molecular formula is C13H14BrClN2O3S. The predicted molar refractivity (Wildman–Crippen MR) is 86.1 cm³/mol. The van der Waals surface area contributed by atoms with E-state index >= 15 is 0 Å². The molecule has 0 aliphatic heterocycles. The van der Waals surface area contributed by atoms with Crippen LogP contribution >= 0.6 is 27.5 Å². The number of hydrogen-bond donors (Lipinski definition) is 1. The molecule has 114 valence electrons. The summed E-state index contributed by atoms with van der Waals surface area (Å²) in [5, 5.41) is 3.69. The zero-order chi connectivity index (χ0) is 15.6. The number of hydrogen-bond acceptors (Lipinski definition) is 4. The Morgan fingerprint density at radius 1 is 1.29 bits per heavy atom. The van der Waals surface area contributed by atoms with Crippen LogP contribution in [0, 0.1) is 0 Å². The Morgan fingerprint density at radius 2 is 2.00 bits per heavy atom. The second-order valence-electron chi connectivity index (χ2n) is 4.49. The summed E-state index contributed by atoms with van der Waals surface area (Å²) in [6.45, 7) is 0.372. The third-order valence-electron chi connectivity index (χ3n) is 2.76. The molecule has 5 nitrogen and oxygen atoms in total. The van der Waals surface area contributed by atoms with E-state index in [4.69, 9.17) is 16.0 Å². The van der Waals surface area contributed by atoms with Gasteiger partial charge >= 0.3 is 0 Å². The minimum Gasteiger partial charge on any atom is -0.446 e. The molecule has 2 aromatic rings. The number of benzene rings is 1. The van der Waals surface area contributed by atoms with Gasteiger partial charge in [0.15, 0.2) is 0 Å². The third-order valence-corrected chi connectivity index (χ3v) is 5.66. The molecule has 0 radical (unpaired) electrons. The van der Waals surface area contributed by atoms with Gasteiger partial charge in [0, 0.05) is 24.3 Å². The van der Waals surface area contributed by atoms with Crippen LogP contribution in [0.4, 0.5) is 5.69 Å². The van der Waals surface area contributed by atoms with Gasteiger partial charge in [0.05, 0.1) is 11.6 Å². The second kappa shape index (κ2) is 6.39. The van der Waals surface area contributed by atoms with Gasteiger partial charge in [0.2, 0.25) is 5.09 Å². The average molecular weight is 394 g/mol. The first-order chi connectivity index (χ1) is 9.80. The third kappa shape index (κ3) is 3.79. The van der Waals surface area contributed by atoms with Crippen molar-refractivity contribution in [2.24, 2.45) is 0 Å². The zero-order valence-electron chi connectivity index (χ0n) is 11.4. The van der Waals surface area contributed by atoms with Crippen molar-refractivity contribution in [2.45, 2.75) is 11.6 Å². The fraction of sp³-hybridized carbons (Fsp3) is 0.231. The highest BCUT2D eigenvalue weighted by Gasteiger charge is 2.21. The van der Waals surface area contributed by atoms with E-state index in [1.165, 1.54) is 20.2 Å². The average Bonchev–Trinajstić information content (AvgIpc) is 2.89. The Bertz CT molecular complexity index is 744. The lowest BCUT2D eigenvalue weighted by molar-refractivity contribution is 0.402. The van der Waals surface area contributed by atoms with Gasteiger partial charge in [-0.3, -0.25) is 0 Å². The fourth-order valence-corrected chi connectivity index (χ4v) is 2.88. The predicted octanol–water partition coefficient (Wildman–Crippen LogP) is 3.56. The first kappa shape index (κ1) is 16.4. The Balaban J connectivity index is 2.08. The molecule has 1 aromatic carbocycles. The quantitative estimate of drug-likeness (QED) is 0.844. The summed E-state index contributed by atoms with van der Waals surface area (Å²) in [4.78, 5) is 0. The number of sulfonamides is 1. The Hall–Kier alpha value is -1.02. The summed E-state index contributed by atoms with van der Waals surface area (Å²) in [6, 6.07) is 8.51. The molecule has 8 heteroatoms. The Labute approximate surface area is 137 Å². The fourth-order valence-electron chi connectivity index (χ4n) is 1.57. The normalized spacial score (nSPS) is 11.9. The van der Waals surface area contributed by atoms with E-state index < -0.39 is 10.0 Å². The lowest BCUT2D eigenvalue weighted by Gasteiger charge is -2.08. The van der Waals surface area contributed by atoms with E-state index in [9.17, 15) is 8.42 Å².